The van der Waals surface area contributed by atoms with Gasteiger partial charge in [-0.2, -0.15) is 0 Å². The summed E-state index contributed by atoms with van der Waals surface area (Å²) in [7, 11) is 0. The summed E-state index contributed by atoms with van der Waals surface area (Å²) >= 11 is 0. The maximum Gasteiger partial charge on any atom is 0.0970 e. The van der Waals surface area contributed by atoms with Gasteiger partial charge in [-0.25, -0.2) is 0 Å². The van der Waals surface area contributed by atoms with Crippen molar-refractivity contribution in [3.05, 3.63) is 91.3 Å². The number of benzene rings is 2. The predicted octanol–water partition coefficient (Wildman–Crippen LogP) is 6.04. The second-order valence-corrected chi connectivity index (χ2v) is 6.03. The number of pyridine rings is 2. The molecular formula is C23H18N2. The van der Waals surface area contributed by atoms with Gasteiger partial charge in [0.2, 0.25) is 0 Å². The van der Waals surface area contributed by atoms with Gasteiger partial charge in [-0.15, -0.1) is 0 Å². The predicted molar refractivity (Wildman–Crippen MR) is 106 cm³/mol. The van der Waals surface area contributed by atoms with Crippen LogP contribution in [0.2, 0.25) is 0 Å². The molecule has 2 aromatic carbocycles. The Morgan fingerprint density at radius 3 is 2.28 bits per heavy atom. The standard InChI is InChI=1S/C23H18N2/c1-3-7-16(2)18-12-14-24-22-20(18)10-11-21-19(13-15-25-23(21)22)17-8-5-4-6-9-17/h3-15H,1H2,2H3. The van der Waals surface area contributed by atoms with Crippen molar-refractivity contribution in [1.82, 2.24) is 9.97 Å². The normalized spacial score (nSPS) is 11.8. The van der Waals surface area contributed by atoms with Gasteiger partial charge in [0.1, 0.15) is 0 Å². The van der Waals surface area contributed by atoms with Crippen molar-refractivity contribution >= 4 is 27.4 Å². The van der Waals surface area contributed by atoms with Crippen LogP contribution in [0.25, 0.3) is 38.5 Å². The van der Waals surface area contributed by atoms with Gasteiger partial charge in [-0.05, 0) is 41.3 Å². The molecule has 4 rings (SSSR count). The third-order valence-corrected chi connectivity index (χ3v) is 4.50. The Hall–Kier alpha value is -3.26. The van der Waals surface area contributed by atoms with Crippen molar-refractivity contribution in [1.29, 1.82) is 0 Å². The molecule has 0 saturated carbocycles. The Bertz CT molecular complexity index is 1110. The van der Waals surface area contributed by atoms with E-state index in [-0.39, 0.29) is 0 Å². The second-order valence-electron chi connectivity index (χ2n) is 6.03. The van der Waals surface area contributed by atoms with E-state index in [2.05, 4.69) is 65.9 Å². The molecule has 0 aliphatic carbocycles. The van der Waals surface area contributed by atoms with E-state index in [0.29, 0.717) is 0 Å². The number of hydrogen-bond donors (Lipinski definition) is 0. The van der Waals surface area contributed by atoms with Crippen LogP contribution in [0.5, 0.6) is 0 Å². The number of rotatable bonds is 3. The van der Waals surface area contributed by atoms with Crippen molar-refractivity contribution in [3.8, 4) is 11.1 Å². The van der Waals surface area contributed by atoms with Crippen LogP contribution in [0.3, 0.4) is 0 Å². The molecule has 0 atom stereocenters. The molecular weight excluding hydrogens is 304 g/mol. The molecule has 2 heteroatoms. The zero-order valence-electron chi connectivity index (χ0n) is 14.1. The van der Waals surface area contributed by atoms with Crippen LogP contribution >= 0.6 is 0 Å². The minimum Gasteiger partial charge on any atom is -0.254 e. The first-order valence-corrected chi connectivity index (χ1v) is 8.31. The van der Waals surface area contributed by atoms with Gasteiger partial charge in [0.05, 0.1) is 11.0 Å². The van der Waals surface area contributed by atoms with E-state index in [1.54, 1.807) is 0 Å². The van der Waals surface area contributed by atoms with E-state index in [1.165, 1.54) is 22.3 Å². The second kappa shape index (κ2) is 6.33. The minimum atomic E-state index is 0.935. The van der Waals surface area contributed by atoms with Crippen molar-refractivity contribution in [2.75, 3.05) is 0 Å². The molecule has 2 heterocycles. The molecule has 0 saturated heterocycles. The number of allylic oxidation sites excluding steroid dienone is 3. The van der Waals surface area contributed by atoms with Gasteiger partial charge in [0.25, 0.3) is 0 Å². The Morgan fingerprint density at radius 1 is 0.840 bits per heavy atom. The summed E-state index contributed by atoms with van der Waals surface area (Å²) in [5.41, 5.74) is 6.57. The molecule has 0 N–H and O–H groups in total. The van der Waals surface area contributed by atoms with Crippen LogP contribution in [0.15, 0.2) is 85.7 Å². The van der Waals surface area contributed by atoms with E-state index < -0.39 is 0 Å². The molecule has 0 radical (unpaired) electrons. The Labute approximate surface area is 147 Å². The lowest BCUT2D eigenvalue weighted by atomic mass is 9.97. The summed E-state index contributed by atoms with van der Waals surface area (Å²) in [4.78, 5) is 9.27. The van der Waals surface area contributed by atoms with Gasteiger partial charge in [-0.1, -0.05) is 61.2 Å². The van der Waals surface area contributed by atoms with Crippen LogP contribution in [0, 0.1) is 0 Å². The first-order chi connectivity index (χ1) is 12.3. The molecule has 2 nitrogen and oxygen atoms in total. The lowest BCUT2D eigenvalue weighted by Crippen LogP contribution is -1.91. The summed E-state index contributed by atoms with van der Waals surface area (Å²) in [5, 5.41) is 2.24. The molecule has 120 valence electrons. The number of fused-ring (bicyclic) bond motifs is 3. The van der Waals surface area contributed by atoms with Crippen LogP contribution in [0.1, 0.15) is 12.5 Å². The fourth-order valence-electron chi connectivity index (χ4n) is 3.31. The monoisotopic (exact) mass is 322 g/mol. The highest BCUT2D eigenvalue weighted by atomic mass is 14.7. The lowest BCUT2D eigenvalue weighted by Gasteiger charge is -2.11. The summed E-state index contributed by atoms with van der Waals surface area (Å²) in [6.45, 7) is 5.89. The Kier molecular flexibility index (Phi) is 3.87. The fourth-order valence-corrected chi connectivity index (χ4v) is 3.31. The number of nitrogens with zero attached hydrogens (tertiary/aromatic N) is 2. The molecule has 0 fully saturated rings. The van der Waals surface area contributed by atoms with Crippen LogP contribution in [0.4, 0.5) is 0 Å². The summed E-state index contributed by atoms with van der Waals surface area (Å²) in [6.07, 6.45) is 7.56. The number of hydrogen-bond acceptors (Lipinski definition) is 2. The summed E-state index contributed by atoms with van der Waals surface area (Å²) in [5.74, 6) is 0. The molecule has 0 aliphatic rings. The zero-order chi connectivity index (χ0) is 17.2. The zero-order valence-corrected chi connectivity index (χ0v) is 14.1. The van der Waals surface area contributed by atoms with Gasteiger partial charge >= 0.3 is 0 Å². The minimum absolute atomic E-state index is 0.935. The molecule has 0 bridgehead atoms. The van der Waals surface area contributed by atoms with E-state index >= 15 is 0 Å². The van der Waals surface area contributed by atoms with Crippen LogP contribution < -0.4 is 0 Å². The van der Waals surface area contributed by atoms with Gasteiger partial charge in [0, 0.05) is 23.2 Å². The maximum atomic E-state index is 4.64. The molecule has 2 aromatic heterocycles. The van der Waals surface area contributed by atoms with Crippen molar-refractivity contribution in [3.63, 3.8) is 0 Å². The van der Waals surface area contributed by atoms with Crippen molar-refractivity contribution in [2.45, 2.75) is 6.92 Å². The molecule has 25 heavy (non-hydrogen) atoms. The summed E-state index contributed by atoms with van der Waals surface area (Å²) in [6, 6.07) is 18.8. The third kappa shape index (κ3) is 2.62. The Balaban J connectivity index is 2.05. The quantitative estimate of drug-likeness (QED) is 0.339. The highest BCUT2D eigenvalue weighted by Gasteiger charge is 2.11. The average Bonchev–Trinajstić information content (AvgIpc) is 2.67. The van der Waals surface area contributed by atoms with Crippen molar-refractivity contribution in [2.24, 2.45) is 0 Å². The molecule has 0 unspecified atom stereocenters. The molecule has 0 aliphatic heterocycles. The van der Waals surface area contributed by atoms with Gasteiger partial charge in [0.15, 0.2) is 0 Å². The average molecular weight is 322 g/mol. The first-order valence-electron chi connectivity index (χ1n) is 8.31. The fraction of sp³-hybridized carbons (Fsp3) is 0.0435. The van der Waals surface area contributed by atoms with E-state index in [9.17, 15) is 0 Å². The van der Waals surface area contributed by atoms with E-state index in [0.717, 1.165) is 21.8 Å². The van der Waals surface area contributed by atoms with E-state index in [1.807, 2.05) is 36.7 Å². The Morgan fingerprint density at radius 2 is 1.52 bits per heavy atom. The maximum absolute atomic E-state index is 4.64. The smallest absolute Gasteiger partial charge is 0.0970 e. The largest absolute Gasteiger partial charge is 0.254 e. The molecule has 4 aromatic rings. The topological polar surface area (TPSA) is 25.8 Å². The first kappa shape index (κ1) is 15.3. The van der Waals surface area contributed by atoms with E-state index in [4.69, 9.17) is 0 Å². The van der Waals surface area contributed by atoms with Gasteiger partial charge in [-0.3, -0.25) is 9.97 Å². The van der Waals surface area contributed by atoms with Crippen LogP contribution in [-0.4, -0.2) is 9.97 Å². The third-order valence-electron chi connectivity index (χ3n) is 4.50. The molecule has 0 amide bonds. The van der Waals surface area contributed by atoms with Crippen LogP contribution in [-0.2, 0) is 0 Å². The van der Waals surface area contributed by atoms with Crippen molar-refractivity contribution < 1.29 is 0 Å². The highest BCUT2D eigenvalue weighted by Crippen LogP contribution is 2.33. The summed E-state index contributed by atoms with van der Waals surface area (Å²) < 4.78 is 0. The number of aromatic nitrogens is 2. The lowest BCUT2D eigenvalue weighted by molar-refractivity contribution is 1.36. The van der Waals surface area contributed by atoms with Gasteiger partial charge < -0.3 is 0 Å². The molecule has 0 spiro atoms. The SMILES string of the molecule is C=CC=C(C)c1ccnc2c1ccc1c(-c3ccccc3)ccnc12. The highest BCUT2D eigenvalue weighted by molar-refractivity contribution is 6.10.